The van der Waals surface area contributed by atoms with Crippen LogP contribution in [0.2, 0.25) is 0 Å². The molecule has 0 aromatic heterocycles. The highest BCUT2D eigenvalue weighted by molar-refractivity contribution is 5.71. The summed E-state index contributed by atoms with van der Waals surface area (Å²) in [6.45, 7) is 6.65. The molecule has 0 saturated heterocycles. The number of hydrogen-bond donors (Lipinski definition) is 0. The van der Waals surface area contributed by atoms with E-state index in [1.807, 2.05) is 0 Å². The van der Waals surface area contributed by atoms with E-state index in [-0.39, 0.29) is 31.1 Å². The van der Waals surface area contributed by atoms with Crippen LogP contribution in [0.5, 0.6) is 0 Å². The third-order valence-electron chi connectivity index (χ3n) is 15.5. The molecule has 79 heavy (non-hydrogen) atoms. The number of allylic oxidation sites excluding steroid dienone is 10. The maximum atomic E-state index is 12.9. The van der Waals surface area contributed by atoms with Gasteiger partial charge in [-0.15, -0.1) is 0 Å². The van der Waals surface area contributed by atoms with Gasteiger partial charge in [-0.25, -0.2) is 0 Å². The lowest BCUT2D eigenvalue weighted by molar-refractivity contribution is -0.167. The van der Waals surface area contributed by atoms with E-state index in [2.05, 4.69) is 81.5 Å². The summed E-state index contributed by atoms with van der Waals surface area (Å²) in [5.41, 5.74) is 0. The van der Waals surface area contributed by atoms with E-state index >= 15 is 0 Å². The highest BCUT2D eigenvalue weighted by Gasteiger charge is 2.19. The smallest absolute Gasteiger partial charge is 0.306 e. The summed E-state index contributed by atoms with van der Waals surface area (Å²) in [5, 5.41) is 0. The second-order valence-corrected chi connectivity index (χ2v) is 23.4. The van der Waals surface area contributed by atoms with E-state index in [1.54, 1.807) is 0 Å². The molecule has 1 atom stereocenters. The molecule has 0 aliphatic heterocycles. The molecule has 0 aromatic rings. The van der Waals surface area contributed by atoms with E-state index in [9.17, 15) is 14.4 Å². The van der Waals surface area contributed by atoms with Crippen molar-refractivity contribution in [1.82, 2.24) is 0 Å². The maximum Gasteiger partial charge on any atom is 0.306 e. The highest BCUT2D eigenvalue weighted by Crippen LogP contribution is 2.18. The average molecular weight is 1110 g/mol. The molecule has 460 valence electrons. The van der Waals surface area contributed by atoms with Crippen molar-refractivity contribution in [2.75, 3.05) is 13.2 Å². The van der Waals surface area contributed by atoms with Gasteiger partial charge in [-0.1, -0.05) is 319 Å². The van der Waals surface area contributed by atoms with Gasteiger partial charge in [0.15, 0.2) is 6.10 Å². The molecule has 0 aromatic carbocycles. The van der Waals surface area contributed by atoms with Crippen LogP contribution >= 0.6 is 0 Å². The Hall–Kier alpha value is -2.89. The average Bonchev–Trinajstić information content (AvgIpc) is 3.45. The van der Waals surface area contributed by atoms with E-state index in [1.165, 1.54) is 238 Å². The minimum absolute atomic E-state index is 0.0763. The lowest BCUT2D eigenvalue weighted by atomic mass is 10.0. The number of unbranched alkanes of at least 4 members (excludes halogenated alkanes) is 43. The number of carbonyl (C=O) groups is 3. The topological polar surface area (TPSA) is 78.9 Å². The number of rotatable bonds is 64. The Labute approximate surface area is 491 Å². The van der Waals surface area contributed by atoms with Crippen molar-refractivity contribution in [1.29, 1.82) is 0 Å². The van der Waals surface area contributed by atoms with Crippen molar-refractivity contribution < 1.29 is 28.6 Å². The summed E-state index contributed by atoms with van der Waals surface area (Å²) in [4.78, 5) is 38.5. The number of hydrogen-bond acceptors (Lipinski definition) is 6. The Morgan fingerprint density at radius 1 is 0.253 bits per heavy atom. The molecule has 6 nitrogen and oxygen atoms in total. The van der Waals surface area contributed by atoms with Gasteiger partial charge in [0, 0.05) is 19.3 Å². The Bertz CT molecular complexity index is 1410. The van der Waals surface area contributed by atoms with Gasteiger partial charge in [-0.2, -0.15) is 0 Å². The number of ether oxygens (including phenoxy) is 3. The number of esters is 3. The SMILES string of the molecule is CCCCC/C=C\C/C=C\C/C=C\CCCCCCCCC(=O)OC(COC(=O)CCCCCCCCCCCCC/C=C\C/C=C\CCCCCCC)COC(=O)CCCCCCCCCCCCCCCCCCCCC. The summed E-state index contributed by atoms with van der Waals surface area (Å²) < 4.78 is 17.0. The van der Waals surface area contributed by atoms with Gasteiger partial charge in [-0.05, 0) is 89.9 Å². The molecule has 1 unspecified atom stereocenters. The summed E-state index contributed by atoms with van der Waals surface area (Å²) >= 11 is 0. The second-order valence-electron chi connectivity index (χ2n) is 23.4. The van der Waals surface area contributed by atoms with Crippen LogP contribution in [0, 0.1) is 0 Å². The van der Waals surface area contributed by atoms with E-state index in [4.69, 9.17) is 14.2 Å². The lowest BCUT2D eigenvalue weighted by Crippen LogP contribution is -2.30. The van der Waals surface area contributed by atoms with Crippen LogP contribution in [0.25, 0.3) is 0 Å². The zero-order chi connectivity index (χ0) is 57.1. The van der Waals surface area contributed by atoms with E-state index in [0.717, 1.165) is 89.9 Å². The third kappa shape index (κ3) is 65.8. The number of carbonyl (C=O) groups excluding carboxylic acids is 3. The molecule has 0 radical (unpaired) electrons. The molecule has 0 rings (SSSR count). The molecule has 0 N–H and O–H groups in total. The van der Waals surface area contributed by atoms with Crippen LogP contribution in [0.4, 0.5) is 0 Å². The molecule has 0 fully saturated rings. The predicted octanol–water partition coefficient (Wildman–Crippen LogP) is 23.9. The lowest BCUT2D eigenvalue weighted by Gasteiger charge is -2.18. The van der Waals surface area contributed by atoms with Crippen molar-refractivity contribution in [3.05, 3.63) is 60.8 Å². The molecule has 0 aliphatic rings. The van der Waals surface area contributed by atoms with E-state index < -0.39 is 6.10 Å². The van der Waals surface area contributed by atoms with Crippen molar-refractivity contribution in [2.24, 2.45) is 0 Å². The molecule has 0 spiro atoms. The molecular formula is C73H132O6. The van der Waals surface area contributed by atoms with Crippen LogP contribution in [0.1, 0.15) is 367 Å². The van der Waals surface area contributed by atoms with Gasteiger partial charge in [0.2, 0.25) is 0 Å². The zero-order valence-corrected chi connectivity index (χ0v) is 52.9. The maximum absolute atomic E-state index is 12.9. The van der Waals surface area contributed by atoms with Gasteiger partial charge in [0.1, 0.15) is 13.2 Å². The van der Waals surface area contributed by atoms with Crippen LogP contribution in [0.3, 0.4) is 0 Å². The standard InChI is InChI=1S/C73H132O6/c1-4-7-10-13-16-19-22-25-28-31-34-35-36-37-40-42-45-48-51-54-57-60-63-66-72(75)78-69-70(79-73(76)67-64-61-58-55-52-49-46-43-39-33-30-27-24-21-18-15-12-9-6-3)68-77-71(74)65-62-59-56-53-50-47-44-41-38-32-29-26-23-20-17-14-11-8-5-2/h18,21-22,25,27,30-31,34,39,43,70H,4-17,19-20,23-24,26,28-29,32-33,35-38,40-42,44-69H2,1-3H3/b21-18-,25-22-,30-27-,34-31-,43-39-. The Balaban J connectivity index is 4.35. The van der Waals surface area contributed by atoms with Gasteiger partial charge in [-0.3, -0.25) is 14.4 Å². The fraction of sp³-hybridized carbons (Fsp3) is 0.822. The minimum Gasteiger partial charge on any atom is -0.462 e. The van der Waals surface area contributed by atoms with Crippen LogP contribution in [-0.2, 0) is 28.6 Å². The molecule has 0 aliphatic carbocycles. The molecule has 0 heterocycles. The first kappa shape index (κ1) is 76.1. The fourth-order valence-corrected chi connectivity index (χ4v) is 10.2. The zero-order valence-electron chi connectivity index (χ0n) is 52.9. The minimum atomic E-state index is -0.782. The van der Waals surface area contributed by atoms with E-state index in [0.29, 0.717) is 19.3 Å². The summed E-state index contributed by atoms with van der Waals surface area (Å²) in [5.74, 6) is -0.867. The Morgan fingerprint density at radius 3 is 0.734 bits per heavy atom. The summed E-state index contributed by atoms with van der Waals surface area (Å²) in [6, 6.07) is 0. The largest absolute Gasteiger partial charge is 0.462 e. The summed E-state index contributed by atoms with van der Waals surface area (Å²) in [6.07, 6.45) is 86.6. The van der Waals surface area contributed by atoms with Gasteiger partial charge < -0.3 is 14.2 Å². The van der Waals surface area contributed by atoms with Crippen LogP contribution in [-0.4, -0.2) is 37.2 Å². The quantitative estimate of drug-likeness (QED) is 0.0261. The van der Waals surface area contributed by atoms with Crippen molar-refractivity contribution in [3.8, 4) is 0 Å². The summed E-state index contributed by atoms with van der Waals surface area (Å²) in [7, 11) is 0. The van der Waals surface area contributed by atoms with Crippen LogP contribution in [0.15, 0.2) is 60.8 Å². The van der Waals surface area contributed by atoms with Crippen LogP contribution < -0.4 is 0 Å². The second kappa shape index (κ2) is 67.6. The molecule has 6 heteroatoms. The normalized spacial score (nSPS) is 12.4. The van der Waals surface area contributed by atoms with Crippen molar-refractivity contribution in [3.63, 3.8) is 0 Å². The first-order valence-corrected chi connectivity index (χ1v) is 34.8. The first-order valence-electron chi connectivity index (χ1n) is 34.8. The molecule has 0 amide bonds. The first-order chi connectivity index (χ1) is 39.0. The van der Waals surface area contributed by atoms with Gasteiger partial charge in [0.25, 0.3) is 0 Å². The fourth-order valence-electron chi connectivity index (χ4n) is 10.2. The Morgan fingerprint density at radius 2 is 0.456 bits per heavy atom. The monoisotopic (exact) mass is 1110 g/mol. The third-order valence-corrected chi connectivity index (χ3v) is 15.5. The van der Waals surface area contributed by atoms with Crippen molar-refractivity contribution in [2.45, 2.75) is 374 Å². The molecular weight excluding hydrogens is 973 g/mol. The Kier molecular flexibility index (Phi) is 65.1. The van der Waals surface area contributed by atoms with Gasteiger partial charge in [0.05, 0.1) is 0 Å². The molecule has 0 saturated carbocycles. The van der Waals surface area contributed by atoms with Gasteiger partial charge >= 0.3 is 17.9 Å². The highest BCUT2D eigenvalue weighted by atomic mass is 16.6. The molecule has 0 bridgehead atoms. The predicted molar refractivity (Wildman–Crippen MR) is 344 cm³/mol. The van der Waals surface area contributed by atoms with Crippen molar-refractivity contribution >= 4 is 17.9 Å².